The van der Waals surface area contributed by atoms with Crippen LogP contribution < -0.4 is 10.5 Å². The molecule has 0 bridgehead atoms. The molecule has 0 amide bonds. The Kier molecular flexibility index (Phi) is 7.88. The van der Waals surface area contributed by atoms with E-state index in [9.17, 15) is 0 Å². The van der Waals surface area contributed by atoms with Crippen molar-refractivity contribution in [2.75, 3.05) is 7.11 Å². The van der Waals surface area contributed by atoms with E-state index in [2.05, 4.69) is 73.7 Å². The highest BCUT2D eigenvalue weighted by molar-refractivity contribution is 5.43. The van der Waals surface area contributed by atoms with Crippen LogP contribution in [0.25, 0.3) is 0 Å². The highest BCUT2D eigenvalue weighted by atomic mass is 16.5. The van der Waals surface area contributed by atoms with Gasteiger partial charge in [0.25, 0.3) is 0 Å². The van der Waals surface area contributed by atoms with Crippen LogP contribution in [0.4, 0.5) is 0 Å². The van der Waals surface area contributed by atoms with Gasteiger partial charge in [-0.3, -0.25) is 0 Å². The molecule has 1 saturated carbocycles. The summed E-state index contributed by atoms with van der Waals surface area (Å²) in [5, 5.41) is 0. The molecule has 2 heteroatoms. The molecule has 3 aromatic rings. The summed E-state index contributed by atoms with van der Waals surface area (Å²) in [4.78, 5) is 0. The van der Waals surface area contributed by atoms with Gasteiger partial charge >= 0.3 is 0 Å². The predicted octanol–water partition coefficient (Wildman–Crippen LogP) is 7.72. The summed E-state index contributed by atoms with van der Waals surface area (Å²) in [5.74, 6) is 1.78. The van der Waals surface area contributed by atoms with Crippen LogP contribution in [-0.2, 0) is 12.0 Å². The van der Waals surface area contributed by atoms with Crippen molar-refractivity contribution < 1.29 is 4.74 Å². The highest BCUT2D eigenvalue weighted by Gasteiger charge is 2.36. The van der Waals surface area contributed by atoms with Gasteiger partial charge in [-0.25, -0.2) is 0 Å². The number of nitrogens with two attached hydrogens (primary N) is 1. The average Bonchev–Trinajstić information content (AvgIpc) is 2.89. The Hall–Kier alpha value is -2.58. The zero-order chi connectivity index (χ0) is 23.1. The molecule has 33 heavy (non-hydrogen) atoms. The van der Waals surface area contributed by atoms with Gasteiger partial charge in [0.15, 0.2) is 0 Å². The maximum Gasteiger partial charge on any atom is 0.123 e. The SMILES string of the molecule is COc1ccccc1C(N)(CCCc1ccccc1)C(C)c1ccc(C2CCCCC2)cc1. The third-order valence-electron chi connectivity index (χ3n) is 7.79. The lowest BCUT2D eigenvalue weighted by molar-refractivity contribution is 0.314. The van der Waals surface area contributed by atoms with E-state index >= 15 is 0 Å². The summed E-state index contributed by atoms with van der Waals surface area (Å²) in [6, 6.07) is 28.3. The van der Waals surface area contributed by atoms with E-state index < -0.39 is 5.54 Å². The van der Waals surface area contributed by atoms with Gasteiger partial charge in [0.05, 0.1) is 12.6 Å². The van der Waals surface area contributed by atoms with Crippen molar-refractivity contribution in [2.45, 2.75) is 75.7 Å². The number of para-hydroxylation sites is 1. The van der Waals surface area contributed by atoms with E-state index in [4.69, 9.17) is 10.5 Å². The molecule has 0 saturated heterocycles. The molecule has 0 spiro atoms. The quantitative estimate of drug-likeness (QED) is 0.369. The molecule has 1 aliphatic rings. The molecule has 3 aromatic carbocycles. The first-order valence-corrected chi connectivity index (χ1v) is 12.7. The zero-order valence-electron chi connectivity index (χ0n) is 20.3. The first kappa shape index (κ1) is 23.6. The van der Waals surface area contributed by atoms with Crippen molar-refractivity contribution >= 4 is 0 Å². The molecule has 2 N–H and O–H groups in total. The highest BCUT2D eigenvalue weighted by Crippen LogP contribution is 2.43. The molecule has 0 aromatic heterocycles. The fraction of sp³-hybridized carbons (Fsp3) is 0.419. The predicted molar refractivity (Wildman–Crippen MR) is 139 cm³/mol. The fourth-order valence-corrected chi connectivity index (χ4v) is 5.63. The van der Waals surface area contributed by atoms with Crippen molar-refractivity contribution in [3.05, 3.63) is 101 Å². The Balaban J connectivity index is 1.59. The lowest BCUT2D eigenvalue weighted by Gasteiger charge is -2.38. The second-order valence-electron chi connectivity index (χ2n) is 9.80. The lowest BCUT2D eigenvalue weighted by atomic mass is 9.72. The maximum absolute atomic E-state index is 7.34. The standard InChI is InChI=1S/C31H39NO/c1-24(26-19-21-28(22-20-26)27-15-7-4-8-16-27)31(32,29-17-9-10-18-30(29)33-2)23-11-14-25-12-5-3-6-13-25/h3,5-6,9-10,12-13,17-22,24,27H,4,7-8,11,14-16,23,32H2,1-2H3. The normalized spacial score (nSPS) is 17.3. The van der Waals surface area contributed by atoms with E-state index in [0.717, 1.165) is 36.5 Å². The van der Waals surface area contributed by atoms with Crippen LogP contribution >= 0.6 is 0 Å². The largest absolute Gasteiger partial charge is 0.496 e. The zero-order valence-corrected chi connectivity index (χ0v) is 20.3. The molecule has 1 aliphatic carbocycles. The Morgan fingerprint density at radius 3 is 2.24 bits per heavy atom. The Morgan fingerprint density at radius 1 is 0.879 bits per heavy atom. The number of ether oxygens (including phenoxy) is 1. The van der Waals surface area contributed by atoms with E-state index in [0.29, 0.717) is 0 Å². The summed E-state index contributed by atoms with van der Waals surface area (Å²) >= 11 is 0. The summed E-state index contributed by atoms with van der Waals surface area (Å²) in [6.45, 7) is 2.28. The summed E-state index contributed by atoms with van der Waals surface area (Å²) in [7, 11) is 1.74. The second-order valence-corrected chi connectivity index (χ2v) is 9.80. The van der Waals surface area contributed by atoms with Crippen LogP contribution in [0.1, 0.15) is 86.0 Å². The monoisotopic (exact) mass is 441 g/mol. The van der Waals surface area contributed by atoms with Crippen LogP contribution in [-0.4, -0.2) is 7.11 Å². The van der Waals surface area contributed by atoms with E-state index in [1.165, 1.54) is 48.8 Å². The van der Waals surface area contributed by atoms with Crippen molar-refractivity contribution in [3.63, 3.8) is 0 Å². The van der Waals surface area contributed by atoms with E-state index in [-0.39, 0.29) is 5.92 Å². The molecule has 2 unspecified atom stereocenters. The molecule has 1 fully saturated rings. The molecular weight excluding hydrogens is 402 g/mol. The van der Waals surface area contributed by atoms with Crippen LogP contribution in [0.15, 0.2) is 78.9 Å². The van der Waals surface area contributed by atoms with Gasteiger partial charge in [0.1, 0.15) is 5.75 Å². The number of hydrogen-bond acceptors (Lipinski definition) is 2. The Morgan fingerprint density at radius 2 is 1.55 bits per heavy atom. The van der Waals surface area contributed by atoms with Crippen molar-refractivity contribution in [1.29, 1.82) is 0 Å². The van der Waals surface area contributed by atoms with Crippen molar-refractivity contribution in [1.82, 2.24) is 0 Å². The minimum Gasteiger partial charge on any atom is -0.496 e. The number of aryl methyl sites for hydroxylation is 1. The number of methoxy groups -OCH3 is 1. The summed E-state index contributed by atoms with van der Waals surface area (Å²) in [5.41, 5.74) is 12.1. The lowest BCUT2D eigenvalue weighted by Crippen LogP contribution is -2.42. The fourth-order valence-electron chi connectivity index (χ4n) is 5.63. The van der Waals surface area contributed by atoms with Crippen LogP contribution in [0.2, 0.25) is 0 Å². The van der Waals surface area contributed by atoms with Gasteiger partial charge in [-0.05, 0) is 60.8 Å². The summed E-state index contributed by atoms with van der Waals surface area (Å²) in [6.07, 6.45) is 9.74. The molecule has 2 nitrogen and oxygen atoms in total. The van der Waals surface area contributed by atoms with Gasteiger partial charge in [0, 0.05) is 11.5 Å². The van der Waals surface area contributed by atoms with Gasteiger partial charge in [-0.15, -0.1) is 0 Å². The molecule has 0 aliphatic heterocycles. The third kappa shape index (κ3) is 5.50. The van der Waals surface area contributed by atoms with Gasteiger partial charge in [-0.2, -0.15) is 0 Å². The summed E-state index contributed by atoms with van der Waals surface area (Å²) < 4.78 is 5.76. The number of hydrogen-bond donors (Lipinski definition) is 1. The first-order valence-electron chi connectivity index (χ1n) is 12.7. The first-order chi connectivity index (χ1) is 16.1. The topological polar surface area (TPSA) is 35.2 Å². The van der Waals surface area contributed by atoms with Crippen molar-refractivity contribution in [2.24, 2.45) is 5.73 Å². The number of rotatable bonds is 9. The molecule has 4 rings (SSSR count). The molecule has 174 valence electrons. The van der Waals surface area contributed by atoms with Gasteiger partial charge in [-0.1, -0.05) is 99.0 Å². The smallest absolute Gasteiger partial charge is 0.123 e. The minimum absolute atomic E-state index is 0.171. The molecule has 0 heterocycles. The molecule has 2 atom stereocenters. The maximum atomic E-state index is 7.34. The molecule has 0 radical (unpaired) electrons. The van der Waals surface area contributed by atoms with E-state index in [1.54, 1.807) is 7.11 Å². The van der Waals surface area contributed by atoms with Gasteiger partial charge < -0.3 is 10.5 Å². The Labute approximate surface area is 200 Å². The molecular formula is C31H39NO. The second kappa shape index (κ2) is 11.0. The third-order valence-corrected chi connectivity index (χ3v) is 7.79. The van der Waals surface area contributed by atoms with Gasteiger partial charge in [0.2, 0.25) is 0 Å². The van der Waals surface area contributed by atoms with Crippen LogP contribution in [0.3, 0.4) is 0 Å². The average molecular weight is 442 g/mol. The van der Waals surface area contributed by atoms with Crippen molar-refractivity contribution in [3.8, 4) is 5.75 Å². The Bertz CT molecular complexity index is 991. The van der Waals surface area contributed by atoms with Crippen LogP contribution in [0, 0.1) is 0 Å². The van der Waals surface area contributed by atoms with E-state index in [1.807, 2.05) is 12.1 Å². The number of benzene rings is 3. The van der Waals surface area contributed by atoms with Crippen LogP contribution in [0.5, 0.6) is 5.75 Å². The minimum atomic E-state index is -0.506.